The number of nitrogens with zero attached hydrogens (tertiary/aromatic N) is 2. The van der Waals surface area contributed by atoms with Gasteiger partial charge in [-0.05, 0) is 38.8 Å². The average Bonchev–Trinajstić information content (AvgIpc) is 3.22. The first-order chi connectivity index (χ1) is 11.7. The summed E-state index contributed by atoms with van der Waals surface area (Å²) in [6.45, 7) is 10.1. The Kier molecular flexibility index (Phi) is 6.06. The molecule has 0 aliphatic carbocycles. The maximum absolute atomic E-state index is 5.64. The third kappa shape index (κ3) is 4.45. The molecule has 0 amide bonds. The molecule has 24 heavy (non-hydrogen) atoms. The quantitative estimate of drug-likeness (QED) is 0.384. The van der Waals surface area contributed by atoms with Crippen LogP contribution in [-0.2, 0) is 4.74 Å². The van der Waals surface area contributed by atoms with Crippen LogP contribution in [0.4, 0.5) is 0 Å². The minimum absolute atomic E-state index is 0.382. The van der Waals surface area contributed by atoms with E-state index in [2.05, 4.69) is 48.3 Å². The maximum atomic E-state index is 5.64. The van der Waals surface area contributed by atoms with E-state index < -0.39 is 0 Å². The van der Waals surface area contributed by atoms with Gasteiger partial charge in [0.2, 0.25) is 0 Å². The van der Waals surface area contributed by atoms with Gasteiger partial charge in [-0.1, -0.05) is 17.7 Å². The second-order valence-electron chi connectivity index (χ2n) is 6.87. The van der Waals surface area contributed by atoms with E-state index in [0.29, 0.717) is 5.41 Å². The van der Waals surface area contributed by atoms with Gasteiger partial charge in [-0.15, -0.1) is 11.8 Å². The molecular formula is C19H29N3OS. The van der Waals surface area contributed by atoms with Crippen LogP contribution in [0.25, 0.3) is 0 Å². The van der Waals surface area contributed by atoms with Gasteiger partial charge in [0.15, 0.2) is 5.96 Å². The van der Waals surface area contributed by atoms with Gasteiger partial charge >= 0.3 is 0 Å². The molecule has 0 aromatic heterocycles. The van der Waals surface area contributed by atoms with Crippen LogP contribution in [0, 0.1) is 12.3 Å². The van der Waals surface area contributed by atoms with Crippen molar-refractivity contribution < 1.29 is 4.74 Å². The molecule has 2 saturated heterocycles. The summed E-state index contributed by atoms with van der Waals surface area (Å²) in [4.78, 5) is 8.60. The molecule has 0 radical (unpaired) electrons. The second-order valence-corrected chi connectivity index (χ2v) is 8.04. The molecule has 1 unspecified atom stereocenters. The van der Waals surface area contributed by atoms with E-state index in [9.17, 15) is 0 Å². The lowest BCUT2D eigenvalue weighted by Gasteiger charge is -2.24. The van der Waals surface area contributed by atoms with Gasteiger partial charge in [0.1, 0.15) is 0 Å². The Morgan fingerprint density at radius 3 is 2.88 bits per heavy atom. The normalized spacial score (nSPS) is 24.1. The highest BCUT2D eigenvalue weighted by molar-refractivity contribution is 7.99. The lowest BCUT2D eigenvalue weighted by Crippen LogP contribution is -2.41. The molecule has 3 rings (SSSR count). The van der Waals surface area contributed by atoms with Crippen LogP contribution < -0.4 is 5.32 Å². The largest absolute Gasteiger partial charge is 0.381 e. The Morgan fingerprint density at radius 2 is 2.17 bits per heavy atom. The number of aliphatic imine (C=N–C) groups is 1. The highest BCUT2D eigenvalue weighted by atomic mass is 32.2. The summed E-state index contributed by atoms with van der Waals surface area (Å²) in [6, 6.07) is 8.73. The first-order valence-corrected chi connectivity index (χ1v) is 10.00. The lowest BCUT2D eigenvalue weighted by atomic mass is 9.87. The first kappa shape index (κ1) is 17.6. The first-order valence-electron chi connectivity index (χ1n) is 9.01. The number of benzene rings is 1. The predicted octanol–water partition coefficient (Wildman–Crippen LogP) is 3.17. The molecule has 2 aliphatic rings. The van der Waals surface area contributed by atoms with Crippen molar-refractivity contribution in [2.45, 2.75) is 31.6 Å². The monoisotopic (exact) mass is 347 g/mol. The van der Waals surface area contributed by atoms with Crippen molar-refractivity contribution >= 4 is 17.7 Å². The smallest absolute Gasteiger partial charge is 0.193 e. The fourth-order valence-corrected chi connectivity index (χ4v) is 4.21. The number of likely N-dealkylation sites (tertiary alicyclic amines) is 1. The summed E-state index contributed by atoms with van der Waals surface area (Å²) in [5.74, 6) is 2.09. The van der Waals surface area contributed by atoms with Crippen LogP contribution >= 0.6 is 11.8 Å². The van der Waals surface area contributed by atoms with E-state index in [0.717, 1.165) is 51.1 Å². The van der Waals surface area contributed by atoms with Gasteiger partial charge in [-0.3, -0.25) is 4.99 Å². The van der Waals surface area contributed by atoms with Crippen molar-refractivity contribution in [1.29, 1.82) is 0 Å². The van der Waals surface area contributed by atoms with Crippen LogP contribution in [0.1, 0.15) is 25.3 Å². The molecule has 5 heteroatoms. The summed E-state index contributed by atoms with van der Waals surface area (Å²) < 4.78 is 5.64. The van der Waals surface area contributed by atoms with Crippen molar-refractivity contribution in [1.82, 2.24) is 10.2 Å². The minimum atomic E-state index is 0.382. The number of hydrogen-bond donors (Lipinski definition) is 1. The summed E-state index contributed by atoms with van der Waals surface area (Å²) in [5, 5.41) is 3.46. The Morgan fingerprint density at radius 1 is 1.33 bits per heavy atom. The van der Waals surface area contributed by atoms with Gasteiger partial charge in [0.05, 0.1) is 13.2 Å². The highest BCUT2D eigenvalue weighted by Gasteiger charge is 2.42. The van der Waals surface area contributed by atoms with E-state index in [1.54, 1.807) is 0 Å². The highest BCUT2D eigenvalue weighted by Crippen LogP contribution is 2.38. The predicted molar refractivity (Wildman–Crippen MR) is 102 cm³/mol. The number of nitrogens with one attached hydrogen (secondary N) is 1. The third-order valence-corrected chi connectivity index (χ3v) is 5.89. The van der Waals surface area contributed by atoms with E-state index in [4.69, 9.17) is 9.73 Å². The molecular weight excluding hydrogens is 318 g/mol. The molecule has 0 saturated carbocycles. The number of guanidine groups is 1. The van der Waals surface area contributed by atoms with Crippen molar-refractivity contribution in [3.8, 4) is 0 Å². The van der Waals surface area contributed by atoms with Gasteiger partial charge in [0, 0.05) is 42.3 Å². The average molecular weight is 348 g/mol. The van der Waals surface area contributed by atoms with Crippen LogP contribution in [0.2, 0.25) is 0 Å². The molecule has 1 aromatic carbocycles. The molecule has 2 fully saturated rings. The van der Waals surface area contributed by atoms with Crippen molar-refractivity contribution in [2.24, 2.45) is 10.4 Å². The SMILES string of the molecule is CCNC(=NCCSc1ccc(C)cc1)N1CCC2(CCOC2)C1. The maximum Gasteiger partial charge on any atom is 0.193 e. The molecule has 2 aliphatic heterocycles. The van der Waals surface area contributed by atoms with E-state index in [-0.39, 0.29) is 0 Å². The molecule has 1 N–H and O–H groups in total. The van der Waals surface area contributed by atoms with Crippen LogP contribution in [-0.4, -0.2) is 56.0 Å². The van der Waals surface area contributed by atoms with E-state index >= 15 is 0 Å². The summed E-state index contributed by atoms with van der Waals surface area (Å²) in [5.41, 5.74) is 1.69. The third-order valence-electron chi connectivity index (χ3n) is 4.90. The Labute approximate surface area is 150 Å². The molecule has 4 nitrogen and oxygen atoms in total. The molecule has 1 atom stereocenters. The van der Waals surface area contributed by atoms with Crippen molar-refractivity contribution in [3.63, 3.8) is 0 Å². The Hall–Kier alpha value is -1.20. The number of ether oxygens (including phenoxy) is 1. The minimum Gasteiger partial charge on any atom is -0.381 e. The van der Waals surface area contributed by atoms with Gasteiger partial charge in [-0.25, -0.2) is 0 Å². The topological polar surface area (TPSA) is 36.9 Å². The van der Waals surface area contributed by atoms with Crippen molar-refractivity contribution in [3.05, 3.63) is 29.8 Å². The molecule has 1 aromatic rings. The molecule has 132 valence electrons. The van der Waals surface area contributed by atoms with Crippen LogP contribution in [0.15, 0.2) is 34.2 Å². The summed E-state index contributed by atoms with van der Waals surface area (Å²) >= 11 is 1.88. The van der Waals surface area contributed by atoms with Gasteiger partial charge in [-0.2, -0.15) is 0 Å². The van der Waals surface area contributed by atoms with E-state index in [1.165, 1.54) is 23.3 Å². The molecule has 0 bridgehead atoms. The van der Waals surface area contributed by atoms with Gasteiger partial charge < -0.3 is 15.0 Å². The van der Waals surface area contributed by atoms with E-state index in [1.807, 2.05) is 11.8 Å². The molecule has 1 spiro atoms. The van der Waals surface area contributed by atoms with Crippen molar-refractivity contribution in [2.75, 3.05) is 45.1 Å². The Balaban J connectivity index is 1.51. The zero-order valence-electron chi connectivity index (χ0n) is 14.9. The molecule has 2 heterocycles. The zero-order chi connectivity index (χ0) is 16.8. The fourth-order valence-electron chi connectivity index (χ4n) is 3.46. The second kappa shape index (κ2) is 8.26. The standard InChI is InChI=1S/C19H29N3OS/c1-3-20-18(22-11-8-19(14-22)9-12-23-15-19)21-10-13-24-17-6-4-16(2)5-7-17/h4-7H,3,8-15H2,1-2H3,(H,20,21). The number of aryl methyl sites for hydroxylation is 1. The lowest BCUT2D eigenvalue weighted by molar-refractivity contribution is 0.156. The van der Waals surface area contributed by atoms with Gasteiger partial charge in [0.25, 0.3) is 0 Å². The number of hydrogen-bond acceptors (Lipinski definition) is 3. The summed E-state index contributed by atoms with van der Waals surface area (Å²) in [6.07, 6.45) is 2.43. The summed E-state index contributed by atoms with van der Waals surface area (Å²) in [7, 11) is 0. The number of rotatable bonds is 5. The number of thioether (sulfide) groups is 1. The van der Waals surface area contributed by atoms with Crippen LogP contribution in [0.3, 0.4) is 0 Å². The fraction of sp³-hybridized carbons (Fsp3) is 0.632. The van der Waals surface area contributed by atoms with Crippen LogP contribution in [0.5, 0.6) is 0 Å². The zero-order valence-corrected chi connectivity index (χ0v) is 15.7. The Bertz CT molecular complexity index is 552.